The number of carbonyl (C=O) groups is 4. The number of amides is 3. The summed E-state index contributed by atoms with van der Waals surface area (Å²) in [5.41, 5.74) is 2.16. The molecule has 0 radical (unpaired) electrons. The largest absolute Gasteiger partial charge is 0.508 e. The van der Waals surface area contributed by atoms with Gasteiger partial charge in [-0.05, 0) is 75.4 Å². The van der Waals surface area contributed by atoms with Gasteiger partial charge in [0.2, 0.25) is 11.8 Å². The molecule has 3 N–H and O–H groups in total. The Hall–Kier alpha value is -4.08. The zero-order valence-corrected chi connectivity index (χ0v) is 27.9. The summed E-state index contributed by atoms with van der Waals surface area (Å²) in [6.07, 6.45) is 5.12. The van der Waals surface area contributed by atoms with Crippen LogP contribution in [0.5, 0.6) is 5.75 Å². The lowest BCUT2D eigenvalue weighted by atomic mass is 9.93. The van der Waals surface area contributed by atoms with Gasteiger partial charge >= 0.3 is 12.1 Å². The van der Waals surface area contributed by atoms with E-state index in [4.69, 9.17) is 9.47 Å². The first kappa shape index (κ1) is 37.1. The van der Waals surface area contributed by atoms with E-state index in [1.807, 2.05) is 32.0 Å². The van der Waals surface area contributed by atoms with Crippen LogP contribution in [0.3, 0.4) is 0 Å². The van der Waals surface area contributed by atoms with Gasteiger partial charge < -0.3 is 30.1 Å². The van der Waals surface area contributed by atoms with Gasteiger partial charge in [-0.15, -0.1) is 0 Å². The number of phenols is 1. The maximum atomic E-state index is 14.7. The predicted octanol–water partition coefficient (Wildman–Crippen LogP) is 5.66. The van der Waals surface area contributed by atoms with Crippen LogP contribution in [-0.4, -0.2) is 65.7 Å². The third-order valence-electron chi connectivity index (χ3n) is 7.41. The minimum absolute atomic E-state index is 0.0730. The molecule has 0 bridgehead atoms. The van der Waals surface area contributed by atoms with Gasteiger partial charge in [0.15, 0.2) is 0 Å². The SMILES string of the molecule is CCCCCCCCN(C(=O)C(Cc1ccc(O)cc1)NC(=O)OC(C)(C)C)C(C(=O)NCC(=O)OC)c1c(C)cccc1C. The van der Waals surface area contributed by atoms with Gasteiger partial charge in [-0.25, -0.2) is 4.79 Å². The first-order valence-corrected chi connectivity index (χ1v) is 15.8. The number of benzene rings is 2. The lowest BCUT2D eigenvalue weighted by molar-refractivity contribution is -0.144. The molecule has 0 aliphatic rings. The van der Waals surface area contributed by atoms with Crippen molar-refractivity contribution in [2.45, 2.75) is 104 Å². The van der Waals surface area contributed by atoms with Crippen LogP contribution in [-0.2, 0) is 30.3 Å². The second-order valence-electron chi connectivity index (χ2n) is 12.4. The Morgan fingerprint density at radius 1 is 0.911 bits per heavy atom. The Morgan fingerprint density at radius 3 is 2.09 bits per heavy atom. The van der Waals surface area contributed by atoms with Crippen LogP contribution in [0.15, 0.2) is 42.5 Å². The van der Waals surface area contributed by atoms with E-state index < -0.39 is 41.6 Å². The normalized spacial score (nSPS) is 12.5. The zero-order chi connectivity index (χ0) is 33.6. The van der Waals surface area contributed by atoms with Crippen molar-refractivity contribution in [1.29, 1.82) is 0 Å². The molecule has 2 aromatic rings. The van der Waals surface area contributed by atoms with E-state index in [-0.39, 0.29) is 25.3 Å². The summed E-state index contributed by atoms with van der Waals surface area (Å²) in [5, 5.41) is 15.2. The first-order valence-electron chi connectivity index (χ1n) is 15.8. The Bertz CT molecular complexity index is 1250. The number of esters is 1. The molecular weight excluding hydrogens is 574 g/mol. The molecule has 248 valence electrons. The molecule has 0 spiro atoms. The number of phenolic OH excluding ortho intramolecular Hbond substituents is 1. The number of nitrogens with zero attached hydrogens (tertiary/aromatic N) is 1. The number of aromatic hydroxyl groups is 1. The topological polar surface area (TPSA) is 134 Å². The van der Waals surface area contributed by atoms with Crippen molar-refractivity contribution in [2.75, 3.05) is 20.2 Å². The smallest absolute Gasteiger partial charge is 0.408 e. The van der Waals surface area contributed by atoms with Crippen LogP contribution in [0, 0.1) is 13.8 Å². The summed E-state index contributed by atoms with van der Waals surface area (Å²) in [7, 11) is 1.24. The standard InChI is InChI=1S/C35H51N3O7/c1-8-9-10-11-12-13-21-38(31(32(41)36-23-29(40)44-7)30-24(2)15-14-16-25(30)3)33(42)28(37-34(43)45-35(4,5)6)22-26-17-19-27(39)20-18-26/h14-20,28,31,39H,8-13,21-23H2,1-7H3,(H,36,41)(H,37,43). The van der Waals surface area contributed by atoms with Gasteiger partial charge in [-0.1, -0.05) is 69.4 Å². The molecule has 0 aromatic heterocycles. The number of unbranched alkanes of at least 4 members (excludes halogenated alkanes) is 5. The number of rotatable bonds is 16. The van der Waals surface area contributed by atoms with Gasteiger partial charge in [0.05, 0.1) is 7.11 Å². The molecule has 0 saturated carbocycles. The summed E-state index contributed by atoms with van der Waals surface area (Å²) in [6, 6.07) is 9.84. The molecule has 2 rings (SSSR count). The monoisotopic (exact) mass is 625 g/mol. The van der Waals surface area contributed by atoms with Crippen molar-refractivity contribution >= 4 is 23.9 Å². The second kappa shape index (κ2) is 18.0. The molecule has 0 aliphatic heterocycles. The van der Waals surface area contributed by atoms with Gasteiger partial charge in [0, 0.05) is 13.0 Å². The lowest BCUT2D eigenvalue weighted by Gasteiger charge is -2.36. The van der Waals surface area contributed by atoms with Crippen LogP contribution < -0.4 is 10.6 Å². The molecule has 10 heteroatoms. The Kier molecular flexibility index (Phi) is 14.9. The van der Waals surface area contributed by atoms with E-state index >= 15 is 0 Å². The Morgan fingerprint density at radius 2 is 1.51 bits per heavy atom. The summed E-state index contributed by atoms with van der Waals surface area (Å²) >= 11 is 0. The molecular formula is C35H51N3O7. The van der Waals surface area contributed by atoms with Crippen molar-refractivity contribution in [1.82, 2.24) is 15.5 Å². The van der Waals surface area contributed by atoms with E-state index in [9.17, 15) is 24.3 Å². The summed E-state index contributed by atoms with van der Waals surface area (Å²) in [6.45, 7) is 11.0. The van der Waals surface area contributed by atoms with Crippen molar-refractivity contribution in [2.24, 2.45) is 0 Å². The highest BCUT2D eigenvalue weighted by molar-refractivity contribution is 5.93. The highest BCUT2D eigenvalue weighted by Crippen LogP contribution is 2.30. The fourth-order valence-electron chi connectivity index (χ4n) is 5.16. The summed E-state index contributed by atoms with van der Waals surface area (Å²) < 4.78 is 10.2. The average Bonchev–Trinajstić information content (AvgIpc) is 2.97. The minimum atomic E-state index is -1.09. The van der Waals surface area contributed by atoms with Crippen molar-refractivity contribution in [3.63, 3.8) is 0 Å². The molecule has 0 aliphatic carbocycles. The third kappa shape index (κ3) is 12.4. The van der Waals surface area contributed by atoms with Crippen molar-refractivity contribution in [3.05, 3.63) is 64.7 Å². The summed E-state index contributed by atoms with van der Waals surface area (Å²) in [4.78, 5) is 55.1. The van der Waals surface area contributed by atoms with E-state index in [0.717, 1.165) is 43.2 Å². The number of hydrogen-bond donors (Lipinski definition) is 3. The average molecular weight is 626 g/mol. The highest BCUT2D eigenvalue weighted by atomic mass is 16.6. The quantitative estimate of drug-likeness (QED) is 0.162. The molecule has 2 atom stereocenters. The molecule has 0 heterocycles. The molecule has 2 aromatic carbocycles. The van der Waals surface area contributed by atoms with Gasteiger partial charge in [0.25, 0.3) is 0 Å². The molecule has 10 nitrogen and oxygen atoms in total. The summed E-state index contributed by atoms with van der Waals surface area (Å²) in [5.74, 6) is -1.54. The van der Waals surface area contributed by atoms with E-state index in [1.165, 1.54) is 24.1 Å². The maximum Gasteiger partial charge on any atom is 0.408 e. The Labute approximate surface area is 267 Å². The Balaban J connectivity index is 2.61. The number of hydrogen-bond acceptors (Lipinski definition) is 7. The van der Waals surface area contributed by atoms with Crippen LogP contribution in [0.1, 0.15) is 94.5 Å². The molecule has 0 fully saturated rings. The van der Waals surface area contributed by atoms with Crippen LogP contribution in [0.2, 0.25) is 0 Å². The minimum Gasteiger partial charge on any atom is -0.508 e. The van der Waals surface area contributed by atoms with Crippen molar-refractivity contribution in [3.8, 4) is 5.75 Å². The molecule has 45 heavy (non-hydrogen) atoms. The predicted molar refractivity (Wildman–Crippen MR) is 174 cm³/mol. The molecule has 2 unspecified atom stereocenters. The molecule has 3 amide bonds. The van der Waals surface area contributed by atoms with E-state index in [1.54, 1.807) is 32.9 Å². The number of alkyl carbamates (subject to hydrolysis) is 1. The van der Waals surface area contributed by atoms with Crippen molar-refractivity contribution < 1.29 is 33.8 Å². The number of aryl methyl sites for hydroxylation is 2. The second-order valence-corrected chi connectivity index (χ2v) is 12.4. The fraction of sp³-hybridized carbons (Fsp3) is 0.543. The highest BCUT2D eigenvalue weighted by Gasteiger charge is 2.37. The number of nitrogens with one attached hydrogen (secondary N) is 2. The van der Waals surface area contributed by atoms with Crippen LogP contribution in [0.4, 0.5) is 4.79 Å². The number of ether oxygens (including phenoxy) is 2. The van der Waals surface area contributed by atoms with E-state index in [0.29, 0.717) is 17.5 Å². The zero-order valence-electron chi connectivity index (χ0n) is 27.9. The maximum absolute atomic E-state index is 14.7. The molecule has 0 saturated heterocycles. The number of carbonyl (C=O) groups excluding carboxylic acids is 4. The lowest BCUT2D eigenvalue weighted by Crippen LogP contribution is -2.54. The first-order chi connectivity index (χ1) is 21.3. The van der Waals surface area contributed by atoms with Crippen LogP contribution >= 0.6 is 0 Å². The van der Waals surface area contributed by atoms with Gasteiger partial charge in [-0.2, -0.15) is 0 Å². The van der Waals surface area contributed by atoms with Crippen LogP contribution in [0.25, 0.3) is 0 Å². The fourth-order valence-corrected chi connectivity index (χ4v) is 5.16. The van der Waals surface area contributed by atoms with Gasteiger partial charge in [0.1, 0.15) is 30.0 Å². The van der Waals surface area contributed by atoms with E-state index in [2.05, 4.69) is 17.6 Å². The van der Waals surface area contributed by atoms with Gasteiger partial charge in [-0.3, -0.25) is 14.4 Å². The third-order valence-corrected chi connectivity index (χ3v) is 7.41. The number of methoxy groups -OCH3 is 1.